The zero-order valence-electron chi connectivity index (χ0n) is 13.8. The minimum absolute atomic E-state index is 0.377. The highest BCUT2D eigenvalue weighted by atomic mass is 16.5. The van der Waals surface area contributed by atoms with Crippen LogP contribution < -0.4 is 10.6 Å². The summed E-state index contributed by atoms with van der Waals surface area (Å²) in [5.74, 6) is 0. The number of ether oxygens (including phenoxy) is 1. The Bertz CT molecular complexity index is 485. The monoisotopic (exact) mass is 303 g/mol. The number of aryl methyl sites for hydroxylation is 1. The number of anilines is 2. The van der Waals surface area contributed by atoms with E-state index in [1.54, 1.807) is 0 Å². The van der Waals surface area contributed by atoms with Gasteiger partial charge in [-0.15, -0.1) is 0 Å². The SMILES string of the molecule is Cc1cc(N2CCC(OCCN3CCCCC3)C2)ccc1N. The third kappa shape index (κ3) is 3.93. The van der Waals surface area contributed by atoms with Crippen molar-refractivity contribution in [3.8, 4) is 0 Å². The number of nitrogens with two attached hydrogens (primary N) is 1. The van der Waals surface area contributed by atoms with Crippen molar-refractivity contribution in [2.75, 3.05) is 50.0 Å². The molecule has 2 N–H and O–H groups in total. The van der Waals surface area contributed by atoms with E-state index in [1.165, 1.54) is 38.0 Å². The average molecular weight is 303 g/mol. The van der Waals surface area contributed by atoms with Gasteiger partial charge in [-0.3, -0.25) is 0 Å². The molecule has 3 rings (SSSR count). The molecule has 2 saturated heterocycles. The summed E-state index contributed by atoms with van der Waals surface area (Å²) < 4.78 is 6.10. The minimum Gasteiger partial charge on any atom is -0.399 e. The highest BCUT2D eigenvalue weighted by Gasteiger charge is 2.23. The van der Waals surface area contributed by atoms with Crippen molar-refractivity contribution >= 4 is 11.4 Å². The molecule has 0 saturated carbocycles. The van der Waals surface area contributed by atoms with Crippen LogP contribution in [-0.2, 0) is 4.74 Å². The van der Waals surface area contributed by atoms with Gasteiger partial charge in [0, 0.05) is 31.0 Å². The lowest BCUT2D eigenvalue weighted by molar-refractivity contribution is 0.0467. The summed E-state index contributed by atoms with van der Waals surface area (Å²) in [7, 11) is 0. The predicted molar refractivity (Wildman–Crippen MR) is 92.5 cm³/mol. The molecule has 0 bridgehead atoms. The Hall–Kier alpha value is -1.26. The van der Waals surface area contributed by atoms with Crippen LogP contribution in [0.5, 0.6) is 0 Å². The Morgan fingerprint density at radius 1 is 1.18 bits per heavy atom. The molecule has 0 aromatic heterocycles. The summed E-state index contributed by atoms with van der Waals surface area (Å²) in [5, 5.41) is 0. The number of hydrogen-bond donors (Lipinski definition) is 1. The van der Waals surface area contributed by atoms with Crippen LogP contribution in [0.4, 0.5) is 11.4 Å². The first-order valence-electron chi connectivity index (χ1n) is 8.67. The van der Waals surface area contributed by atoms with Crippen molar-refractivity contribution in [2.24, 2.45) is 0 Å². The minimum atomic E-state index is 0.377. The van der Waals surface area contributed by atoms with Crippen molar-refractivity contribution in [2.45, 2.75) is 38.7 Å². The van der Waals surface area contributed by atoms with E-state index in [9.17, 15) is 0 Å². The fraction of sp³-hybridized carbons (Fsp3) is 0.667. The summed E-state index contributed by atoms with van der Waals surface area (Å²) in [5.41, 5.74) is 9.21. The van der Waals surface area contributed by atoms with Gasteiger partial charge >= 0.3 is 0 Å². The predicted octanol–water partition coefficient (Wildman–Crippen LogP) is 2.66. The van der Waals surface area contributed by atoms with Crippen LogP contribution in [0.25, 0.3) is 0 Å². The molecule has 0 radical (unpaired) electrons. The molecule has 122 valence electrons. The van der Waals surface area contributed by atoms with E-state index in [1.807, 2.05) is 6.07 Å². The number of likely N-dealkylation sites (tertiary alicyclic amines) is 1. The average Bonchev–Trinajstić information content (AvgIpc) is 3.00. The van der Waals surface area contributed by atoms with Gasteiger partial charge in [0.25, 0.3) is 0 Å². The van der Waals surface area contributed by atoms with Crippen molar-refractivity contribution < 1.29 is 4.74 Å². The molecule has 1 unspecified atom stereocenters. The van der Waals surface area contributed by atoms with Crippen LogP contribution in [0.1, 0.15) is 31.2 Å². The van der Waals surface area contributed by atoms with E-state index in [0.717, 1.165) is 43.9 Å². The van der Waals surface area contributed by atoms with Crippen molar-refractivity contribution in [3.63, 3.8) is 0 Å². The van der Waals surface area contributed by atoms with Gasteiger partial charge in [0.2, 0.25) is 0 Å². The molecule has 0 spiro atoms. The summed E-state index contributed by atoms with van der Waals surface area (Å²) in [6.07, 6.45) is 5.61. The summed E-state index contributed by atoms with van der Waals surface area (Å²) in [6.45, 7) is 8.63. The van der Waals surface area contributed by atoms with Gasteiger partial charge < -0.3 is 20.3 Å². The first-order chi connectivity index (χ1) is 10.7. The van der Waals surface area contributed by atoms with Gasteiger partial charge in [-0.25, -0.2) is 0 Å². The van der Waals surface area contributed by atoms with Crippen LogP contribution in [0.15, 0.2) is 18.2 Å². The topological polar surface area (TPSA) is 41.7 Å². The molecule has 1 atom stereocenters. The fourth-order valence-corrected chi connectivity index (χ4v) is 3.49. The van der Waals surface area contributed by atoms with E-state index in [-0.39, 0.29) is 0 Å². The van der Waals surface area contributed by atoms with E-state index in [2.05, 4.69) is 28.9 Å². The summed E-state index contributed by atoms with van der Waals surface area (Å²) >= 11 is 0. The number of benzene rings is 1. The van der Waals surface area contributed by atoms with Crippen LogP contribution >= 0.6 is 0 Å². The van der Waals surface area contributed by atoms with E-state index in [4.69, 9.17) is 10.5 Å². The van der Waals surface area contributed by atoms with Gasteiger partial charge in [-0.1, -0.05) is 6.42 Å². The largest absolute Gasteiger partial charge is 0.399 e. The van der Waals surface area contributed by atoms with E-state index >= 15 is 0 Å². The normalized spacial score (nSPS) is 23.1. The highest BCUT2D eigenvalue weighted by molar-refractivity contribution is 5.58. The van der Waals surface area contributed by atoms with Crippen molar-refractivity contribution in [1.82, 2.24) is 4.90 Å². The second-order valence-corrected chi connectivity index (χ2v) is 6.67. The van der Waals surface area contributed by atoms with E-state index in [0.29, 0.717) is 6.10 Å². The third-order valence-corrected chi connectivity index (χ3v) is 4.97. The second kappa shape index (κ2) is 7.34. The molecular weight excluding hydrogens is 274 g/mol. The van der Waals surface area contributed by atoms with Crippen LogP contribution in [0.2, 0.25) is 0 Å². The Labute approximate surface area is 134 Å². The van der Waals surface area contributed by atoms with Gasteiger partial charge in [0.05, 0.1) is 12.7 Å². The maximum absolute atomic E-state index is 6.10. The lowest BCUT2D eigenvalue weighted by atomic mass is 10.1. The van der Waals surface area contributed by atoms with Crippen LogP contribution in [0, 0.1) is 6.92 Å². The molecule has 0 aliphatic carbocycles. The number of hydrogen-bond acceptors (Lipinski definition) is 4. The first-order valence-corrected chi connectivity index (χ1v) is 8.67. The van der Waals surface area contributed by atoms with Crippen LogP contribution in [0.3, 0.4) is 0 Å². The second-order valence-electron chi connectivity index (χ2n) is 6.67. The lowest BCUT2D eigenvalue weighted by Gasteiger charge is -2.26. The zero-order chi connectivity index (χ0) is 15.4. The van der Waals surface area contributed by atoms with Crippen molar-refractivity contribution in [3.05, 3.63) is 23.8 Å². The lowest BCUT2D eigenvalue weighted by Crippen LogP contribution is -2.34. The summed E-state index contributed by atoms with van der Waals surface area (Å²) in [4.78, 5) is 4.96. The zero-order valence-corrected chi connectivity index (χ0v) is 13.8. The number of nitrogens with zero attached hydrogens (tertiary/aromatic N) is 2. The Balaban J connectivity index is 1.42. The molecule has 2 aliphatic heterocycles. The van der Waals surface area contributed by atoms with Gasteiger partial charge in [-0.2, -0.15) is 0 Å². The van der Waals surface area contributed by atoms with E-state index < -0.39 is 0 Å². The quantitative estimate of drug-likeness (QED) is 0.849. The number of rotatable bonds is 5. The standard InChI is InChI=1S/C18H29N3O/c1-15-13-16(5-6-18(15)19)21-10-7-17(14-21)22-12-11-20-8-3-2-4-9-20/h5-6,13,17H,2-4,7-12,14,19H2,1H3. The first kappa shape index (κ1) is 15.6. The maximum Gasteiger partial charge on any atom is 0.0767 e. The number of piperidine rings is 1. The number of nitrogen functional groups attached to an aromatic ring is 1. The van der Waals surface area contributed by atoms with Gasteiger partial charge in [0.15, 0.2) is 0 Å². The molecule has 22 heavy (non-hydrogen) atoms. The fourth-order valence-electron chi connectivity index (χ4n) is 3.49. The van der Waals surface area contributed by atoms with Gasteiger partial charge in [-0.05, 0) is 63.0 Å². The molecule has 2 heterocycles. The van der Waals surface area contributed by atoms with Crippen molar-refractivity contribution in [1.29, 1.82) is 0 Å². The molecular formula is C18H29N3O. The molecule has 4 nitrogen and oxygen atoms in total. The summed E-state index contributed by atoms with van der Waals surface area (Å²) in [6, 6.07) is 6.32. The maximum atomic E-state index is 6.10. The smallest absolute Gasteiger partial charge is 0.0767 e. The molecule has 1 aromatic carbocycles. The Kier molecular flexibility index (Phi) is 5.21. The molecule has 4 heteroatoms. The van der Waals surface area contributed by atoms with Gasteiger partial charge in [0.1, 0.15) is 0 Å². The molecule has 0 amide bonds. The Morgan fingerprint density at radius 3 is 2.77 bits per heavy atom. The highest BCUT2D eigenvalue weighted by Crippen LogP contribution is 2.25. The van der Waals surface area contributed by atoms with Crippen LogP contribution in [-0.4, -0.2) is 50.3 Å². The molecule has 2 fully saturated rings. The molecule has 2 aliphatic rings. The third-order valence-electron chi connectivity index (χ3n) is 4.97. The molecule has 1 aromatic rings. The Morgan fingerprint density at radius 2 is 2.00 bits per heavy atom.